The summed E-state index contributed by atoms with van der Waals surface area (Å²) in [5.41, 5.74) is 0. The van der Waals surface area contributed by atoms with E-state index < -0.39 is 11.7 Å². The number of methoxy groups -OCH3 is 1. The summed E-state index contributed by atoms with van der Waals surface area (Å²) >= 11 is 0. The van der Waals surface area contributed by atoms with Gasteiger partial charge in [0, 0.05) is 0 Å². The fraction of sp³-hybridized carbons (Fsp3) is 0.400. The van der Waals surface area contributed by atoms with Crippen molar-refractivity contribution < 1.29 is 14.1 Å². The molecule has 0 aliphatic carbocycles. The van der Waals surface area contributed by atoms with Gasteiger partial charge in [-0.15, -0.1) is 0 Å². The molecule has 0 fully saturated rings. The van der Waals surface area contributed by atoms with Gasteiger partial charge in [-0.2, -0.15) is 0 Å². The van der Waals surface area contributed by atoms with Crippen LogP contribution in [0.4, 0.5) is 5.95 Å². The molecule has 0 aromatic carbocycles. The first-order valence-corrected chi connectivity index (χ1v) is 3.09. The summed E-state index contributed by atoms with van der Waals surface area (Å²) in [7, 11) is 1.26. The highest BCUT2D eigenvalue weighted by Gasteiger charge is 2.02. The third-order valence-electron chi connectivity index (χ3n) is 1.07. The number of rotatable bonds is 3. The van der Waals surface area contributed by atoms with Gasteiger partial charge in [-0.25, -0.2) is 4.79 Å². The topological polar surface area (TPSA) is 97.2 Å². The molecule has 0 aliphatic rings. The summed E-state index contributed by atoms with van der Waals surface area (Å²) in [6.07, 6.45) is 0. The van der Waals surface area contributed by atoms with E-state index in [1.165, 1.54) is 7.11 Å². The van der Waals surface area contributed by atoms with Gasteiger partial charge in [0.1, 0.15) is 6.54 Å². The van der Waals surface area contributed by atoms with Crippen LogP contribution < -0.4 is 11.1 Å². The molecule has 0 amide bonds. The zero-order chi connectivity index (χ0) is 8.97. The van der Waals surface area contributed by atoms with E-state index in [1.54, 1.807) is 0 Å². The quantitative estimate of drug-likeness (QED) is 0.566. The molecule has 0 aliphatic heterocycles. The first kappa shape index (κ1) is 8.31. The number of carbonyl (C=O) groups is 1. The molecular formula is C5H7N3O4. The molecule has 1 heterocycles. The van der Waals surface area contributed by atoms with Crippen LogP contribution in [-0.2, 0) is 9.53 Å². The van der Waals surface area contributed by atoms with E-state index in [0.717, 1.165) is 0 Å². The van der Waals surface area contributed by atoms with Crippen LogP contribution in [-0.4, -0.2) is 29.8 Å². The maximum atomic E-state index is 10.6. The van der Waals surface area contributed by atoms with Crippen molar-refractivity contribution in [3.05, 3.63) is 10.6 Å². The van der Waals surface area contributed by atoms with Gasteiger partial charge < -0.3 is 10.1 Å². The first-order chi connectivity index (χ1) is 5.72. The van der Waals surface area contributed by atoms with Crippen LogP contribution in [0.15, 0.2) is 9.32 Å². The molecule has 2 N–H and O–H groups in total. The molecule has 7 nitrogen and oxygen atoms in total. The van der Waals surface area contributed by atoms with E-state index in [9.17, 15) is 9.59 Å². The van der Waals surface area contributed by atoms with E-state index in [0.29, 0.717) is 0 Å². The number of ether oxygens (including phenoxy) is 1. The lowest BCUT2D eigenvalue weighted by Gasteiger charge is -1.97. The highest BCUT2D eigenvalue weighted by molar-refractivity contribution is 5.73. The number of esters is 1. The number of nitrogens with one attached hydrogen (secondary N) is 2. The van der Waals surface area contributed by atoms with E-state index in [4.69, 9.17) is 0 Å². The Morgan fingerprint density at radius 1 is 1.83 bits per heavy atom. The Labute approximate surface area is 66.7 Å². The monoisotopic (exact) mass is 173 g/mol. The van der Waals surface area contributed by atoms with Gasteiger partial charge in [-0.1, -0.05) is 0 Å². The number of aromatic nitrogens is 2. The number of nitrogens with zero attached hydrogens (tertiary/aromatic N) is 1. The van der Waals surface area contributed by atoms with Crippen LogP contribution in [0.5, 0.6) is 0 Å². The molecule has 0 atom stereocenters. The summed E-state index contributed by atoms with van der Waals surface area (Å²) in [4.78, 5) is 23.1. The minimum absolute atomic E-state index is 0.0705. The van der Waals surface area contributed by atoms with Crippen molar-refractivity contribution in [2.45, 2.75) is 0 Å². The third kappa shape index (κ3) is 2.11. The summed E-state index contributed by atoms with van der Waals surface area (Å²) in [6, 6.07) is 0. The molecule has 0 saturated heterocycles. The fourth-order valence-electron chi connectivity index (χ4n) is 0.534. The smallest absolute Gasteiger partial charge is 0.440 e. The van der Waals surface area contributed by atoms with Crippen molar-refractivity contribution in [3.8, 4) is 0 Å². The number of anilines is 1. The SMILES string of the molecule is COC(=O)CNc1noc(=O)[nH]1. The molecule has 0 radical (unpaired) electrons. The Bertz CT molecular complexity index is 314. The van der Waals surface area contributed by atoms with Gasteiger partial charge in [0.25, 0.3) is 0 Å². The number of carbonyl (C=O) groups excluding carboxylic acids is 1. The number of hydrogen-bond acceptors (Lipinski definition) is 6. The van der Waals surface area contributed by atoms with Crippen LogP contribution >= 0.6 is 0 Å². The summed E-state index contributed by atoms with van der Waals surface area (Å²) in [5.74, 6) is -1.04. The lowest BCUT2D eigenvalue weighted by atomic mass is 10.6. The molecule has 1 aromatic heterocycles. The molecule has 12 heavy (non-hydrogen) atoms. The minimum Gasteiger partial charge on any atom is -0.468 e. The van der Waals surface area contributed by atoms with Crippen LogP contribution in [0.2, 0.25) is 0 Å². The molecule has 0 spiro atoms. The molecule has 7 heteroatoms. The maximum absolute atomic E-state index is 10.6. The second-order valence-electron chi connectivity index (χ2n) is 1.87. The Kier molecular flexibility index (Phi) is 2.46. The van der Waals surface area contributed by atoms with Crippen LogP contribution in [0.1, 0.15) is 0 Å². The standard InChI is InChI=1S/C5H7N3O4/c1-11-3(9)2-6-4-7-5(10)12-8-4/h2H2,1H3,(H2,6,7,8,10). The molecular weight excluding hydrogens is 166 g/mol. The largest absolute Gasteiger partial charge is 0.468 e. The Balaban J connectivity index is 2.43. The lowest BCUT2D eigenvalue weighted by Crippen LogP contribution is -2.16. The van der Waals surface area contributed by atoms with Crippen molar-refractivity contribution in [1.82, 2.24) is 10.1 Å². The molecule has 0 bridgehead atoms. The average molecular weight is 173 g/mol. The lowest BCUT2D eigenvalue weighted by molar-refractivity contribution is -0.138. The Morgan fingerprint density at radius 3 is 3.08 bits per heavy atom. The second-order valence-corrected chi connectivity index (χ2v) is 1.87. The fourth-order valence-corrected chi connectivity index (χ4v) is 0.534. The van der Waals surface area contributed by atoms with Gasteiger partial charge in [0.15, 0.2) is 0 Å². The Hall–Kier alpha value is -1.79. The van der Waals surface area contributed by atoms with Crippen molar-refractivity contribution in [1.29, 1.82) is 0 Å². The van der Waals surface area contributed by atoms with Gasteiger partial charge in [0.2, 0.25) is 5.95 Å². The van der Waals surface area contributed by atoms with E-state index in [-0.39, 0.29) is 12.5 Å². The van der Waals surface area contributed by atoms with Crippen LogP contribution in [0.25, 0.3) is 0 Å². The van der Waals surface area contributed by atoms with Gasteiger partial charge in [0.05, 0.1) is 7.11 Å². The highest BCUT2D eigenvalue weighted by Crippen LogP contribution is 1.89. The first-order valence-electron chi connectivity index (χ1n) is 3.09. The summed E-state index contributed by atoms with van der Waals surface area (Å²) in [5, 5.41) is 5.74. The molecule has 66 valence electrons. The van der Waals surface area contributed by atoms with Crippen LogP contribution in [0.3, 0.4) is 0 Å². The number of hydrogen-bond donors (Lipinski definition) is 2. The maximum Gasteiger partial charge on any atom is 0.440 e. The van der Waals surface area contributed by atoms with Crippen molar-refractivity contribution >= 4 is 11.9 Å². The number of aromatic amines is 1. The zero-order valence-corrected chi connectivity index (χ0v) is 6.29. The summed E-state index contributed by atoms with van der Waals surface area (Å²) < 4.78 is 8.48. The minimum atomic E-state index is -0.678. The summed E-state index contributed by atoms with van der Waals surface area (Å²) in [6.45, 7) is -0.0705. The van der Waals surface area contributed by atoms with E-state index in [1.807, 2.05) is 0 Å². The second kappa shape index (κ2) is 3.56. The van der Waals surface area contributed by atoms with Crippen molar-refractivity contribution in [2.75, 3.05) is 19.0 Å². The third-order valence-corrected chi connectivity index (χ3v) is 1.07. The van der Waals surface area contributed by atoms with Crippen molar-refractivity contribution in [3.63, 3.8) is 0 Å². The number of H-pyrrole nitrogens is 1. The molecule has 0 unspecified atom stereocenters. The predicted molar refractivity (Wildman–Crippen MR) is 37.6 cm³/mol. The molecule has 0 saturated carbocycles. The molecule has 1 rings (SSSR count). The van der Waals surface area contributed by atoms with Gasteiger partial charge >= 0.3 is 11.7 Å². The normalized spacial score (nSPS) is 9.42. The highest BCUT2D eigenvalue weighted by atomic mass is 16.5. The Morgan fingerprint density at radius 2 is 2.58 bits per heavy atom. The van der Waals surface area contributed by atoms with Gasteiger partial charge in [-0.3, -0.25) is 14.3 Å². The average Bonchev–Trinajstić information content (AvgIpc) is 2.47. The zero-order valence-electron chi connectivity index (χ0n) is 6.29. The predicted octanol–water partition coefficient (Wildman–Crippen LogP) is -1.05. The molecule has 1 aromatic rings. The van der Waals surface area contributed by atoms with E-state index in [2.05, 4.69) is 24.7 Å². The van der Waals surface area contributed by atoms with Gasteiger partial charge in [-0.05, 0) is 5.16 Å². The van der Waals surface area contributed by atoms with E-state index >= 15 is 0 Å². The van der Waals surface area contributed by atoms with Crippen molar-refractivity contribution in [2.24, 2.45) is 0 Å². The van der Waals surface area contributed by atoms with Crippen LogP contribution in [0, 0.1) is 0 Å².